The highest BCUT2D eigenvalue weighted by atomic mass is 16.5. The smallest absolute Gasteiger partial charge is 0.305 e. The maximum atomic E-state index is 12.0. The predicted octanol–water partition coefficient (Wildman–Crippen LogP) is 1.53. The third kappa shape index (κ3) is 5.40. The standard InChI is InChI=1S/C15H21NO4/c1-11-4-6-12(7-5-11)8-13(17)16-15(2,10-20-3)9-14(18)19/h4-7H,8-10H2,1-3H3,(H,16,17)(H,18,19). The van der Waals surface area contributed by atoms with Gasteiger partial charge in [0.2, 0.25) is 5.91 Å². The van der Waals surface area contributed by atoms with Crippen LogP contribution in [0.15, 0.2) is 24.3 Å². The molecule has 0 bridgehead atoms. The monoisotopic (exact) mass is 279 g/mol. The van der Waals surface area contributed by atoms with Crippen molar-refractivity contribution in [3.63, 3.8) is 0 Å². The Morgan fingerprint density at radius 1 is 1.30 bits per heavy atom. The van der Waals surface area contributed by atoms with Gasteiger partial charge in [-0.15, -0.1) is 0 Å². The quantitative estimate of drug-likeness (QED) is 0.793. The van der Waals surface area contributed by atoms with Crippen LogP contribution in [0.4, 0.5) is 0 Å². The number of carboxylic acids is 1. The number of aliphatic carboxylic acids is 1. The summed E-state index contributed by atoms with van der Waals surface area (Å²) < 4.78 is 5.00. The predicted molar refractivity (Wildman–Crippen MR) is 75.6 cm³/mol. The SMILES string of the molecule is COCC(C)(CC(=O)O)NC(=O)Cc1ccc(C)cc1. The van der Waals surface area contributed by atoms with Crippen molar-refractivity contribution in [2.75, 3.05) is 13.7 Å². The van der Waals surface area contributed by atoms with E-state index in [1.165, 1.54) is 7.11 Å². The summed E-state index contributed by atoms with van der Waals surface area (Å²) in [6, 6.07) is 7.65. The normalized spacial score (nSPS) is 13.6. The largest absolute Gasteiger partial charge is 0.481 e. The van der Waals surface area contributed by atoms with Gasteiger partial charge in [-0.25, -0.2) is 0 Å². The number of hydrogen-bond donors (Lipinski definition) is 2. The molecule has 1 amide bonds. The average molecular weight is 279 g/mol. The van der Waals surface area contributed by atoms with Crippen LogP contribution in [0, 0.1) is 6.92 Å². The summed E-state index contributed by atoms with van der Waals surface area (Å²) in [7, 11) is 1.48. The number of methoxy groups -OCH3 is 1. The van der Waals surface area contributed by atoms with Crippen LogP contribution in [0.25, 0.3) is 0 Å². The van der Waals surface area contributed by atoms with E-state index in [-0.39, 0.29) is 25.4 Å². The van der Waals surface area contributed by atoms with Crippen molar-refractivity contribution in [3.05, 3.63) is 35.4 Å². The molecule has 0 aliphatic heterocycles. The summed E-state index contributed by atoms with van der Waals surface area (Å²) in [5, 5.41) is 11.6. The molecule has 0 aromatic heterocycles. The zero-order chi connectivity index (χ0) is 15.2. The number of carbonyl (C=O) groups excluding carboxylic acids is 1. The maximum absolute atomic E-state index is 12.0. The highest BCUT2D eigenvalue weighted by Gasteiger charge is 2.29. The molecule has 0 saturated heterocycles. The lowest BCUT2D eigenvalue weighted by Gasteiger charge is -2.28. The Balaban J connectivity index is 2.66. The fourth-order valence-corrected chi connectivity index (χ4v) is 2.06. The molecule has 2 N–H and O–H groups in total. The van der Waals surface area contributed by atoms with E-state index in [0.29, 0.717) is 0 Å². The molecule has 5 nitrogen and oxygen atoms in total. The van der Waals surface area contributed by atoms with Gasteiger partial charge in [-0.05, 0) is 19.4 Å². The first kappa shape index (κ1) is 16.2. The number of hydrogen-bond acceptors (Lipinski definition) is 3. The molecule has 1 aromatic carbocycles. The molecule has 0 heterocycles. The van der Waals surface area contributed by atoms with Crippen molar-refractivity contribution in [2.24, 2.45) is 0 Å². The third-order valence-corrected chi connectivity index (χ3v) is 2.93. The Labute approximate surface area is 118 Å². The molecular weight excluding hydrogens is 258 g/mol. The molecule has 0 radical (unpaired) electrons. The lowest BCUT2D eigenvalue weighted by Crippen LogP contribution is -2.51. The van der Waals surface area contributed by atoms with Gasteiger partial charge >= 0.3 is 5.97 Å². The molecule has 0 aliphatic rings. The van der Waals surface area contributed by atoms with Gasteiger partial charge in [-0.3, -0.25) is 9.59 Å². The first-order valence-corrected chi connectivity index (χ1v) is 6.42. The molecule has 110 valence electrons. The van der Waals surface area contributed by atoms with Gasteiger partial charge in [0, 0.05) is 7.11 Å². The second kappa shape index (κ2) is 7.05. The van der Waals surface area contributed by atoms with E-state index in [0.717, 1.165) is 11.1 Å². The zero-order valence-corrected chi connectivity index (χ0v) is 12.1. The Morgan fingerprint density at radius 3 is 2.40 bits per heavy atom. The van der Waals surface area contributed by atoms with Gasteiger partial charge in [-0.1, -0.05) is 29.8 Å². The number of carbonyl (C=O) groups is 2. The van der Waals surface area contributed by atoms with Crippen LogP contribution in [0.5, 0.6) is 0 Å². The van der Waals surface area contributed by atoms with Gasteiger partial charge in [-0.2, -0.15) is 0 Å². The Kier molecular flexibility index (Phi) is 5.70. The van der Waals surface area contributed by atoms with Crippen LogP contribution < -0.4 is 5.32 Å². The van der Waals surface area contributed by atoms with Gasteiger partial charge < -0.3 is 15.2 Å². The average Bonchev–Trinajstić information content (AvgIpc) is 2.30. The van der Waals surface area contributed by atoms with Crippen molar-refractivity contribution in [3.8, 4) is 0 Å². The molecule has 0 aliphatic carbocycles. The van der Waals surface area contributed by atoms with Crippen LogP contribution in [0.2, 0.25) is 0 Å². The van der Waals surface area contributed by atoms with Crippen molar-refractivity contribution >= 4 is 11.9 Å². The Hall–Kier alpha value is -1.88. The summed E-state index contributed by atoms with van der Waals surface area (Å²) in [5.74, 6) is -1.19. The number of ether oxygens (including phenoxy) is 1. The second-order valence-corrected chi connectivity index (χ2v) is 5.27. The van der Waals surface area contributed by atoms with Crippen LogP contribution in [-0.2, 0) is 20.7 Å². The number of rotatable bonds is 7. The molecule has 20 heavy (non-hydrogen) atoms. The first-order chi connectivity index (χ1) is 9.34. The van der Waals surface area contributed by atoms with Crippen LogP contribution in [0.1, 0.15) is 24.5 Å². The fraction of sp³-hybridized carbons (Fsp3) is 0.467. The maximum Gasteiger partial charge on any atom is 0.305 e. The molecule has 0 saturated carbocycles. The van der Waals surface area contributed by atoms with Crippen molar-refractivity contribution in [2.45, 2.75) is 32.2 Å². The van der Waals surface area contributed by atoms with E-state index in [4.69, 9.17) is 9.84 Å². The van der Waals surface area contributed by atoms with Gasteiger partial charge in [0.1, 0.15) is 0 Å². The summed E-state index contributed by atoms with van der Waals surface area (Å²) in [6.07, 6.45) is 0.0414. The summed E-state index contributed by atoms with van der Waals surface area (Å²) >= 11 is 0. The minimum atomic E-state index is -0.972. The van der Waals surface area contributed by atoms with E-state index < -0.39 is 11.5 Å². The molecule has 1 rings (SSSR count). The number of benzene rings is 1. The van der Waals surface area contributed by atoms with Crippen molar-refractivity contribution in [1.82, 2.24) is 5.32 Å². The second-order valence-electron chi connectivity index (χ2n) is 5.27. The minimum Gasteiger partial charge on any atom is -0.481 e. The first-order valence-electron chi connectivity index (χ1n) is 6.42. The number of amides is 1. The van der Waals surface area contributed by atoms with E-state index >= 15 is 0 Å². The molecule has 1 atom stereocenters. The summed E-state index contributed by atoms with van der Waals surface area (Å²) in [5.41, 5.74) is 1.12. The molecular formula is C15H21NO4. The van der Waals surface area contributed by atoms with E-state index in [1.807, 2.05) is 31.2 Å². The van der Waals surface area contributed by atoms with E-state index in [9.17, 15) is 9.59 Å². The topological polar surface area (TPSA) is 75.6 Å². The van der Waals surface area contributed by atoms with Crippen molar-refractivity contribution < 1.29 is 19.4 Å². The lowest BCUT2D eigenvalue weighted by atomic mass is 9.98. The Morgan fingerprint density at radius 2 is 1.90 bits per heavy atom. The highest BCUT2D eigenvalue weighted by Crippen LogP contribution is 2.11. The minimum absolute atomic E-state index is 0.152. The zero-order valence-electron chi connectivity index (χ0n) is 12.1. The molecule has 1 unspecified atom stereocenters. The third-order valence-electron chi connectivity index (χ3n) is 2.93. The fourth-order valence-electron chi connectivity index (χ4n) is 2.06. The van der Waals surface area contributed by atoms with Gasteiger partial charge in [0.15, 0.2) is 0 Å². The van der Waals surface area contributed by atoms with Crippen molar-refractivity contribution in [1.29, 1.82) is 0 Å². The van der Waals surface area contributed by atoms with Crippen LogP contribution in [0.3, 0.4) is 0 Å². The van der Waals surface area contributed by atoms with Crippen LogP contribution in [-0.4, -0.2) is 36.2 Å². The molecule has 0 fully saturated rings. The van der Waals surface area contributed by atoms with E-state index in [1.54, 1.807) is 6.92 Å². The van der Waals surface area contributed by atoms with Crippen LogP contribution >= 0.6 is 0 Å². The number of carboxylic acid groups (broad SMARTS) is 1. The lowest BCUT2D eigenvalue weighted by molar-refractivity contribution is -0.139. The van der Waals surface area contributed by atoms with Gasteiger partial charge in [0.05, 0.1) is 25.0 Å². The van der Waals surface area contributed by atoms with Gasteiger partial charge in [0.25, 0.3) is 0 Å². The summed E-state index contributed by atoms with van der Waals surface area (Å²) in [4.78, 5) is 22.9. The molecule has 0 spiro atoms. The molecule has 1 aromatic rings. The number of nitrogens with one attached hydrogen (secondary N) is 1. The molecule has 5 heteroatoms. The highest BCUT2D eigenvalue weighted by molar-refractivity contribution is 5.80. The number of aryl methyl sites for hydroxylation is 1. The summed E-state index contributed by atoms with van der Waals surface area (Å²) in [6.45, 7) is 3.79. The Bertz CT molecular complexity index is 469. The van der Waals surface area contributed by atoms with E-state index in [2.05, 4.69) is 5.32 Å².